The van der Waals surface area contributed by atoms with Crippen molar-refractivity contribution in [3.05, 3.63) is 58.4 Å². The fourth-order valence-corrected chi connectivity index (χ4v) is 2.00. The summed E-state index contributed by atoms with van der Waals surface area (Å²) in [6.07, 6.45) is 0. The number of rotatable bonds is 5. The van der Waals surface area contributed by atoms with Crippen LogP contribution in [0, 0.1) is 5.82 Å². The Hall–Kier alpha value is -1.78. The van der Waals surface area contributed by atoms with E-state index in [1.165, 1.54) is 6.07 Å². The molecule has 5 heteroatoms. The zero-order chi connectivity index (χ0) is 14.5. The van der Waals surface area contributed by atoms with E-state index in [9.17, 15) is 4.39 Å². The van der Waals surface area contributed by atoms with Gasteiger partial charge in [0.2, 0.25) is 0 Å². The summed E-state index contributed by atoms with van der Waals surface area (Å²) >= 11 is 5.96. The maximum absolute atomic E-state index is 13.7. The summed E-state index contributed by atoms with van der Waals surface area (Å²) in [6.45, 7) is 0.413. The van der Waals surface area contributed by atoms with Crippen LogP contribution < -0.4 is 15.2 Å². The van der Waals surface area contributed by atoms with Crippen molar-refractivity contribution in [1.82, 2.24) is 0 Å². The van der Waals surface area contributed by atoms with E-state index in [4.69, 9.17) is 26.8 Å². The van der Waals surface area contributed by atoms with Gasteiger partial charge in [0.15, 0.2) is 11.5 Å². The average Bonchev–Trinajstić information content (AvgIpc) is 2.46. The summed E-state index contributed by atoms with van der Waals surface area (Å²) < 4.78 is 24.5. The molecule has 2 N–H and O–H groups in total. The molecule has 0 saturated carbocycles. The smallest absolute Gasteiger partial charge is 0.161 e. The van der Waals surface area contributed by atoms with Gasteiger partial charge in [-0.05, 0) is 29.8 Å². The highest BCUT2D eigenvalue weighted by Crippen LogP contribution is 2.30. The highest BCUT2D eigenvalue weighted by atomic mass is 35.5. The molecular formula is C15H15ClFNO2. The molecule has 0 heterocycles. The Labute approximate surface area is 122 Å². The number of ether oxygens (including phenoxy) is 2. The van der Waals surface area contributed by atoms with Crippen molar-refractivity contribution in [3.63, 3.8) is 0 Å². The van der Waals surface area contributed by atoms with Crippen LogP contribution in [0.15, 0.2) is 36.4 Å². The van der Waals surface area contributed by atoms with E-state index < -0.39 is 5.82 Å². The lowest BCUT2D eigenvalue weighted by Crippen LogP contribution is -2.03. The van der Waals surface area contributed by atoms with Crippen molar-refractivity contribution < 1.29 is 13.9 Å². The Bertz CT molecular complexity index is 584. The zero-order valence-electron chi connectivity index (χ0n) is 11.0. The van der Waals surface area contributed by atoms with Gasteiger partial charge in [0, 0.05) is 12.1 Å². The van der Waals surface area contributed by atoms with Crippen molar-refractivity contribution in [2.75, 3.05) is 7.11 Å². The fraction of sp³-hybridized carbons (Fsp3) is 0.200. The topological polar surface area (TPSA) is 44.5 Å². The van der Waals surface area contributed by atoms with Crippen molar-refractivity contribution >= 4 is 11.6 Å². The molecule has 20 heavy (non-hydrogen) atoms. The zero-order valence-corrected chi connectivity index (χ0v) is 11.8. The third kappa shape index (κ3) is 3.21. The molecule has 2 aromatic carbocycles. The van der Waals surface area contributed by atoms with Crippen LogP contribution in [0.4, 0.5) is 4.39 Å². The second-order valence-corrected chi connectivity index (χ2v) is 4.59. The minimum Gasteiger partial charge on any atom is -0.493 e. The van der Waals surface area contributed by atoms with E-state index in [1.807, 2.05) is 6.07 Å². The van der Waals surface area contributed by atoms with Gasteiger partial charge in [-0.3, -0.25) is 0 Å². The first kappa shape index (κ1) is 14.6. The highest BCUT2D eigenvalue weighted by molar-refractivity contribution is 6.31. The van der Waals surface area contributed by atoms with Crippen LogP contribution in [0.1, 0.15) is 11.1 Å². The number of methoxy groups -OCH3 is 1. The predicted octanol–water partition coefficient (Wildman–Crippen LogP) is 3.53. The highest BCUT2D eigenvalue weighted by Gasteiger charge is 2.10. The molecule has 0 aliphatic rings. The van der Waals surface area contributed by atoms with Crippen LogP contribution in [0.2, 0.25) is 5.02 Å². The lowest BCUT2D eigenvalue weighted by Gasteiger charge is -2.13. The molecule has 106 valence electrons. The first-order chi connectivity index (χ1) is 9.65. The molecule has 2 aromatic rings. The van der Waals surface area contributed by atoms with Crippen molar-refractivity contribution in [2.24, 2.45) is 5.73 Å². The minimum absolute atomic E-state index is 0.0237. The summed E-state index contributed by atoms with van der Waals surface area (Å²) in [5, 5.41) is 0.332. The Morgan fingerprint density at radius 2 is 2.00 bits per heavy atom. The van der Waals surface area contributed by atoms with Gasteiger partial charge in [-0.25, -0.2) is 4.39 Å². The van der Waals surface area contributed by atoms with Crippen molar-refractivity contribution in [2.45, 2.75) is 13.2 Å². The monoisotopic (exact) mass is 295 g/mol. The molecule has 0 aromatic heterocycles. The van der Waals surface area contributed by atoms with E-state index in [1.54, 1.807) is 31.4 Å². The van der Waals surface area contributed by atoms with E-state index in [-0.39, 0.29) is 6.61 Å². The fourth-order valence-electron chi connectivity index (χ4n) is 1.78. The molecule has 0 aliphatic carbocycles. The summed E-state index contributed by atoms with van der Waals surface area (Å²) in [7, 11) is 1.54. The standard InChI is InChI=1S/C15H15ClFNO2/c1-19-14-6-5-10(8-18)7-15(14)20-9-11-12(16)3-2-4-13(11)17/h2-7H,8-9,18H2,1H3. The molecule has 2 rings (SSSR count). The lowest BCUT2D eigenvalue weighted by molar-refractivity contribution is 0.279. The van der Waals surface area contributed by atoms with E-state index in [0.29, 0.717) is 28.6 Å². The number of hydrogen-bond donors (Lipinski definition) is 1. The number of hydrogen-bond acceptors (Lipinski definition) is 3. The molecule has 0 saturated heterocycles. The van der Waals surface area contributed by atoms with Crippen LogP contribution in [-0.4, -0.2) is 7.11 Å². The average molecular weight is 296 g/mol. The Morgan fingerprint density at radius 3 is 2.65 bits per heavy atom. The largest absolute Gasteiger partial charge is 0.493 e. The molecule has 0 atom stereocenters. The normalized spacial score (nSPS) is 10.4. The summed E-state index contributed by atoms with van der Waals surface area (Å²) in [6, 6.07) is 9.90. The molecule has 0 fully saturated rings. The lowest BCUT2D eigenvalue weighted by atomic mass is 10.2. The molecule has 0 unspecified atom stereocenters. The molecule has 0 bridgehead atoms. The quantitative estimate of drug-likeness (QED) is 0.918. The Morgan fingerprint density at radius 1 is 1.20 bits per heavy atom. The van der Waals surface area contributed by atoms with Gasteiger partial charge in [-0.2, -0.15) is 0 Å². The van der Waals surface area contributed by atoms with E-state index >= 15 is 0 Å². The van der Waals surface area contributed by atoms with Crippen LogP contribution in [-0.2, 0) is 13.2 Å². The summed E-state index contributed by atoms with van der Waals surface area (Å²) in [5.74, 6) is 0.677. The SMILES string of the molecule is COc1ccc(CN)cc1OCc1c(F)cccc1Cl. The number of halogens is 2. The minimum atomic E-state index is -0.397. The molecule has 0 aliphatic heterocycles. The van der Waals surface area contributed by atoms with E-state index in [0.717, 1.165) is 5.56 Å². The predicted molar refractivity (Wildman–Crippen MR) is 76.6 cm³/mol. The third-order valence-corrected chi connectivity index (χ3v) is 3.25. The van der Waals surface area contributed by atoms with Crippen LogP contribution in [0.25, 0.3) is 0 Å². The second kappa shape index (κ2) is 6.59. The van der Waals surface area contributed by atoms with Gasteiger partial charge in [-0.15, -0.1) is 0 Å². The van der Waals surface area contributed by atoms with E-state index in [2.05, 4.69) is 0 Å². The second-order valence-electron chi connectivity index (χ2n) is 4.18. The first-order valence-corrected chi connectivity index (χ1v) is 6.46. The molecule has 0 radical (unpaired) electrons. The number of benzene rings is 2. The van der Waals surface area contributed by atoms with Gasteiger partial charge >= 0.3 is 0 Å². The molecule has 0 amide bonds. The molecule has 0 spiro atoms. The van der Waals surface area contributed by atoms with Gasteiger partial charge in [0.1, 0.15) is 12.4 Å². The Balaban J connectivity index is 2.22. The van der Waals surface area contributed by atoms with Crippen LogP contribution in [0.3, 0.4) is 0 Å². The maximum atomic E-state index is 13.7. The van der Waals surface area contributed by atoms with Crippen LogP contribution >= 0.6 is 11.6 Å². The maximum Gasteiger partial charge on any atom is 0.161 e. The number of nitrogens with two attached hydrogens (primary N) is 1. The molecular weight excluding hydrogens is 281 g/mol. The van der Waals surface area contributed by atoms with Crippen LogP contribution in [0.5, 0.6) is 11.5 Å². The van der Waals surface area contributed by atoms with Gasteiger partial charge in [0.05, 0.1) is 12.1 Å². The summed E-state index contributed by atoms with van der Waals surface area (Å²) in [5.41, 5.74) is 6.81. The summed E-state index contributed by atoms with van der Waals surface area (Å²) in [4.78, 5) is 0. The first-order valence-electron chi connectivity index (χ1n) is 6.08. The van der Waals surface area contributed by atoms with Crippen molar-refractivity contribution in [3.8, 4) is 11.5 Å². The third-order valence-electron chi connectivity index (χ3n) is 2.90. The van der Waals surface area contributed by atoms with Crippen molar-refractivity contribution in [1.29, 1.82) is 0 Å². The Kier molecular flexibility index (Phi) is 4.82. The van der Waals surface area contributed by atoms with Gasteiger partial charge in [-0.1, -0.05) is 23.7 Å². The molecule has 3 nitrogen and oxygen atoms in total. The van der Waals surface area contributed by atoms with Gasteiger partial charge < -0.3 is 15.2 Å². The van der Waals surface area contributed by atoms with Gasteiger partial charge in [0.25, 0.3) is 0 Å².